The highest BCUT2D eigenvalue weighted by molar-refractivity contribution is 5.88. The van der Waals surface area contributed by atoms with E-state index in [1.807, 2.05) is 36.4 Å². The molecule has 6 nitrogen and oxygen atoms in total. The molecule has 2 aromatic rings. The molecule has 6 heteroatoms. The molecule has 0 heterocycles. The van der Waals surface area contributed by atoms with Gasteiger partial charge in [0.05, 0.1) is 7.11 Å². The number of aliphatic imine (C=N–C) groups is 1. The predicted molar refractivity (Wildman–Crippen MR) is 110 cm³/mol. The van der Waals surface area contributed by atoms with Gasteiger partial charge in [0.2, 0.25) is 5.91 Å². The van der Waals surface area contributed by atoms with E-state index in [9.17, 15) is 4.79 Å². The highest BCUT2D eigenvalue weighted by Crippen LogP contribution is 2.19. The van der Waals surface area contributed by atoms with Gasteiger partial charge in [-0.1, -0.05) is 29.8 Å². The van der Waals surface area contributed by atoms with E-state index in [0.717, 1.165) is 35.9 Å². The van der Waals surface area contributed by atoms with Crippen LogP contribution in [0.4, 0.5) is 5.69 Å². The summed E-state index contributed by atoms with van der Waals surface area (Å²) in [6.45, 7) is 4.93. The van der Waals surface area contributed by atoms with E-state index in [-0.39, 0.29) is 5.91 Å². The zero-order valence-electron chi connectivity index (χ0n) is 16.4. The molecule has 0 unspecified atom stereocenters. The summed E-state index contributed by atoms with van der Waals surface area (Å²) in [6.07, 6.45) is 0.837. The molecule has 0 saturated carbocycles. The summed E-state index contributed by atoms with van der Waals surface area (Å²) >= 11 is 0. The Labute approximate surface area is 161 Å². The molecular formula is C21H28N4O2. The van der Waals surface area contributed by atoms with Crippen LogP contribution < -0.4 is 20.7 Å². The average molecular weight is 368 g/mol. The number of amides is 1. The number of guanidine groups is 1. The fourth-order valence-electron chi connectivity index (χ4n) is 2.79. The number of hydrogen-bond donors (Lipinski definition) is 3. The van der Waals surface area contributed by atoms with Gasteiger partial charge in [-0.05, 0) is 42.7 Å². The van der Waals surface area contributed by atoms with Crippen LogP contribution in [0.3, 0.4) is 0 Å². The van der Waals surface area contributed by atoms with Crippen LogP contribution in [0.5, 0.6) is 5.75 Å². The summed E-state index contributed by atoms with van der Waals surface area (Å²) in [4.78, 5) is 15.4. The Bertz CT molecular complexity index is 803. The maximum absolute atomic E-state index is 11.2. The van der Waals surface area contributed by atoms with Gasteiger partial charge >= 0.3 is 0 Å². The monoisotopic (exact) mass is 368 g/mol. The lowest BCUT2D eigenvalue weighted by molar-refractivity contribution is -0.114. The lowest BCUT2D eigenvalue weighted by atomic mass is 10.1. The van der Waals surface area contributed by atoms with E-state index in [0.29, 0.717) is 6.54 Å². The summed E-state index contributed by atoms with van der Waals surface area (Å²) < 4.78 is 5.42. The standard InChI is InChI=1S/C21H28N4O2/c1-15-8-9-20(27-4)18(12-15)10-11-23-21(22-3)24-14-17-6-5-7-19(13-17)25-16(2)26/h5-9,12-13H,10-11,14H2,1-4H3,(H,25,26)(H2,22,23,24). The third-order valence-electron chi connectivity index (χ3n) is 4.05. The van der Waals surface area contributed by atoms with Crippen molar-refractivity contribution in [2.75, 3.05) is 26.0 Å². The van der Waals surface area contributed by atoms with Gasteiger partial charge in [-0.3, -0.25) is 9.79 Å². The zero-order valence-corrected chi connectivity index (χ0v) is 16.4. The number of carbonyl (C=O) groups is 1. The van der Waals surface area contributed by atoms with Gasteiger partial charge in [0, 0.05) is 32.7 Å². The van der Waals surface area contributed by atoms with Gasteiger partial charge in [0.15, 0.2) is 5.96 Å². The van der Waals surface area contributed by atoms with E-state index in [1.165, 1.54) is 18.1 Å². The number of hydrogen-bond acceptors (Lipinski definition) is 3. The molecule has 0 aromatic heterocycles. The number of aryl methyl sites for hydroxylation is 1. The number of methoxy groups -OCH3 is 1. The predicted octanol–water partition coefficient (Wildman–Crippen LogP) is 2.87. The number of nitrogens with one attached hydrogen (secondary N) is 3. The molecule has 0 aliphatic heterocycles. The lowest BCUT2D eigenvalue weighted by Gasteiger charge is -2.14. The Kier molecular flexibility index (Phi) is 7.67. The van der Waals surface area contributed by atoms with Crippen molar-refractivity contribution in [2.45, 2.75) is 26.8 Å². The highest BCUT2D eigenvalue weighted by atomic mass is 16.5. The molecule has 0 saturated heterocycles. The molecule has 144 valence electrons. The van der Waals surface area contributed by atoms with Crippen LogP contribution in [0, 0.1) is 6.92 Å². The van der Waals surface area contributed by atoms with Crippen LogP contribution >= 0.6 is 0 Å². The van der Waals surface area contributed by atoms with Crippen molar-refractivity contribution >= 4 is 17.6 Å². The summed E-state index contributed by atoms with van der Waals surface area (Å²) in [5.74, 6) is 1.55. The van der Waals surface area contributed by atoms with Crippen molar-refractivity contribution in [3.63, 3.8) is 0 Å². The fraction of sp³-hybridized carbons (Fsp3) is 0.333. The molecule has 1 amide bonds. The van der Waals surface area contributed by atoms with Gasteiger partial charge < -0.3 is 20.7 Å². The average Bonchev–Trinajstić information content (AvgIpc) is 2.64. The van der Waals surface area contributed by atoms with Crippen molar-refractivity contribution < 1.29 is 9.53 Å². The van der Waals surface area contributed by atoms with Gasteiger partial charge in [-0.15, -0.1) is 0 Å². The molecule has 0 aliphatic rings. The molecule has 27 heavy (non-hydrogen) atoms. The van der Waals surface area contributed by atoms with Crippen LogP contribution in [0.15, 0.2) is 47.5 Å². The second kappa shape index (κ2) is 10.2. The van der Waals surface area contributed by atoms with Crippen molar-refractivity contribution in [2.24, 2.45) is 4.99 Å². The maximum Gasteiger partial charge on any atom is 0.221 e. The summed E-state index contributed by atoms with van der Waals surface area (Å²) in [5.41, 5.74) is 4.23. The van der Waals surface area contributed by atoms with Crippen LogP contribution in [-0.2, 0) is 17.8 Å². The van der Waals surface area contributed by atoms with Crippen LogP contribution in [-0.4, -0.2) is 32.6 Å². The number of nitrogens with zero attached hydrogens (tertiary/aromatic N) is 1. The minimum absolute atomic E-state index is 0.0795. The lowest BCUT2D eigenvalue weighted by Crippen LogP contribution is -2.37. The van der Waals surface area contributed by atoms with Crippen molar-refractivity contribution in [3.8, 4) is 5.75 Å². The molecule has 2 aromatic carbocycles. The molecule has 2 rings (SSSR count). The summed E-state index contributed by atoms with van der Waals surface area (Å²) in [6, 6.07) is 13.9. The molecule has 0 spiro atoms. The normalized spacial score (nSPS) is 11.0. The van der Waals surface area contributed by atoms with Crippen molar-refractivity contribution in [1.82, 2.24) is 10.6 Å². The molecule has 0 fully saturated rings. The number of rotatable bonds is 7. The highest BCUT2D eigenvalue weighted by Gasteiger charge is 2.05. The number of benzene rings is 2. The Hall–Kier alpha value is -3.02. The van der Waals surface area contributed by atoms with Gasteiger partial charge in [0.25, 0.3) is 0 Å². The van der Waals surface area contributed by atoms with Crippen molar-refractivity contribution in [3.05, 3.63) is 59.2 Å². The second-order valence-corrected chi connectivity index (χ2v) is 6.30. The molecule has 3 N–H and O–H groups in total. The first-order valence-electron chi connectivity index (χ1n) is 8.96. The maximum atomic E-state index is 11.2. The SMILES string of the molecule is CN=C(NCCc1cc(C)ccc1OC)NCc1cccc(NC(C)=O)c1. The van der Waals surface area contributed by atoms with E-state index >= 15 is 0 Å². The number of carbonyl (C=O) groups excluding carboxylic acids is 1. The quantitative estimate of drug-likeness (QED) is 0.519. The van der Waals surface area contributed by atoms with Crippen LogP contribution in [0.2, 0.25) is 0 Å². The van der Waals surface area contributed by atoms with E-state index < -0.39 is 0 Å². The van der Waals surface area contributed by atoms with Gasteiger partial charge in [-0.2, -0.15) is 0 Å². The second-order valence-electron chi connectivity index (χ2n) is 6.30. The third-order valence-corrected chi connectivity index (χ3v) is 4.05. The largest absolute Gasteiger partial charge is 0.496 e. The molecule has 0 atom stereocenters. The first-order chi connectivity index (χ1) is 13.0. The van der Waals surface area contributed by atoms with E-state index in [2.05, 4.69) is 33.9 Å². The topological polar surface area (TPSA) is 74.8 Å². The minimum atomic E-state index is -0.0795. The van der Waals surface area contributed by atoms with Gasteiger partial charge in [0.1, 0.15) is 5.75 Å². The zero-order chi connectivity index (χ0) is 19.6. The van der Waals surface area contributed by atoms with Gasteiger partial charge in [-0.25, -0.2) is 0 Å². The van der Waals surface area contributed by atoms with Crippen LogP contribution in [0.1, 0.15) is 23.6 Å². The Morgan fingerprint density at radius 1 is 1.15 bits per heavy atom. The number of ether oxygens (including phenoxy) is 1. The minimum Gasteiger partial charge on any atom is -0.496 e. The van der Waals surface area contributed by atoms with Crippen LogP contribution in [0.25, 0.3) is 0 Å². The van der Waals surface area contributed by atoms with E-state index in [1.54, 1.807) is 14.2 Å². The Balaban J connectivity index is 1.86. The Morgan fingerprint density at radius 2 is 1.96 bits per heavy atom. The molecule has 0 radical (unpaired) electrons. The summed E-state index contributed by atoms with van der Waals surface area (Å²) in [5, 5.41) is 9.40. The Morgan fingerprint density at radius 3 is 2.67 bits per heavy atom. The summed E-state index contributed by atoms with van der Waals surface area (Å²) in [7, 11) is 3.44. The van der Waals surface area contributed by atoms with Crippen molar-refractivity contribution in [1.29, 1.82) is 0 Å². The smallest absolute Gasteiger partial charge is 0.221 e. The molecular weight excluding hydrogens is 340 g/mol. The fourth-order valence-corrected chi connectivity index (χ4v) is 2.79. The molecule has 0 aliphatic carbocycles. The first kappa shape index (κ1) is 20.3. The van der Waals surface area contributed by atoms with E-state index in [4.69, 9.17) is 4.74 Å². The molecule has 0 bridgehead atoms. The third kappa shape index (κ3) is 6.66. The first-order valence-corrected chi connectivity index (χ1v) is 8.96. The number of anilines is 1.